The fourth-order valence-electron chi connectivity index (χ4n) is 1.69. The van der Waals surface area contributed by atoms with E-state index in [0.717, 1.165) is 11.3 Å². The summed E-state index contributed by atoms with van der Waals surface area (Å²) in [5.74, 6) is -0.407. The minimum absolute atomic E-state index is 0.272. The number of H-pyrrole nitrogens is 1. The summed E-state index contributed by atoms with van der Waals surface area (Å²) in [6, 6.07) is 6.24. The average Bonchev–Trinajstić information content (AvgIpc) is 2.68. The molecule has 0 amide bonds. The first-order valence-electron chi connectivity index (χ1n) is 5.02. The number of fused-ring (bicyclic) bond motifs is 1. The van der Waals surface area contributed by atoms with Crippen molar-refractivity contribution < 1.29 is 4.39 Å². The molecule has 3 rings (SSSR count). The van der Waals surface area contributed by atoms with Gasteiger partial charge in [-0.25, -0.2) is 9.37 Å². The van der Waals surface area contributed by atoms with E-state index in [-0.39, 0.29) is 5.56 Å². The van der Waals surface area contributed by atoms with Gasteiger partial charge in [-0.3, -0.25) is 9.36 Å². The van der Waals surface area contributed by atoms with Gasteiger partial charge in [0, 0.05) is 0 Å². The van der Waals surface area contributed by atoms with Crippen LogP contribution >= 0.6 is 23.6 Å². The molecule has 3 aromatic rings. The van der Waals surface area contributed by atoms with Crippen LogP contribution in [0.5, 0.6) is 0 Å². The summed E-state index contributed by atoms with van der Waals surface area (Å²) in [5, 5.41) is 0. The van der Waals surface area contributed by atoms with Crippen LogP contribution in [0.25, 0.3) is 16.0 Å². The maximum Gasteiger partial charge on any atom is 0.270 e. The SMILES string of the molecule is O=c1[nH]cnc2c1sc(=S)n2-c1ccccc1F. The Morgan fingerprint density at radius 1 is 1.39 bits per heavy atom. The maximum absolute atomic E-state index is 13.8. The number of aromatic nitrogens is 3. The Bertz CT molecular complexity index is 849. The quantitative estimate of drug-likeness (QED) is 0.697. The van der Waals surface area contributed by atoms with Gasteiger partial charge in [0.05, 0.1) is 12.0 Å². The van der Waals surface area contributed by atoms with Crippen LogP contribution in [0.15, 0.2) is 35.4 Å². The Hall–Kier alpha value is -1.86. The van der Waals surface area contributed by atoms with Crippen molar-refractivity contribution in [2.24, 2.45) is 0 Å². The fourth-order valence-corrected chi connectivity index (χ4v) is 2.97. The number of aromatic amines is 1. The maximum atomic E-state index is 13.8. The summed E-state index contributed by atoms with van der Waals surface area (Å²) in [5.41, 5.74) is 0.400. The van der Waals surface area contributed by atoms with E-state index in [2.05, 4.69) is 9.97 Å². The Balaban J connectivity index is 2.48. The van der Waals surface area contributed by atoms with Gasteiger partial charge in [-0.2, -0.15) is 0 Å². The molecule has 0 saturated carbocycles. The molecular formula is C11H6FN3OS2. The molecule has 0 unspecified atom stereocenters. The van der Waals surface area contributed by atoms with E-state index in [4.69, 9.17) is 12.2 Å². The van der Waals surface area contributed by atoms with Crippen molar-refractivity contribution in [1.82, 2.24) is 14.5 Å². The predicted octanol–water partition coefficient (Wildman–Crippen LogP) is 2.64. The molecule has 18 heavy (non-hydrogen) atoms. The summed E-state index contributed by atoms with van der Waals surface area (Å²) in [6.07, 6.45) is 1.28. The van der Waals surface area contributed by atoms with Crippen molar-refractivity contribution in [3.05, 3.63) is 50.7 Å². The third-order valence-corrected chi connectivity index (χ3v) is 3.83. The number of nitrogens with zero attached hydrogens (tertiary/aromatic N) is 2. The van der Waals surface area contributed by atoms with Crippen LogP contribution in [0, 0.1) is 9.77 Å². The van der Waals surface area contributed by atoms with Crippen LogP contribution in [0.1, 0.15) is 0 Å². The van der Waals surface area contributed by atoms with Crippen LogP contribution in [-0.2, 0) is 0 Å². The van der Waals surface area contributed by atoms with Crippen molar-refractivity contribution in [1.29, 1.82) is 0 Å². The average molecular weight is 279 g/mol. The molecule has 0 fully saturated rings. The molecule has 4 nitrogen and oxygen atoms in total. The Morgan fingerprint density at radius 2 is 2.17 bits per heavy atom. The first kappa shape index (κ1) is 11.2. The molecule has 0 aliphatic rings. The van der Waals surface area contributed by atoms with E-state index in [1.807, 2.05) is 0 Å². The lowest BCUT2D eigenvalue weighted by Crippen LogP contribution is -2.06. The number of nitrogens with one attached hydrogen (secondary N) is 1. The second-order valence-electron chi connectivity index (χ2n) is 3.54. The van der Waals surface area contributed by atoms with Gasteiger partial charge in [0.25, 0.3) is 5.56 Å². The second-order valence-corrected chi connectivity index (χ2v) is 5.18. The lowest BCUT2D eigenvalue weighted by molar-refractivity contribution is 0.619. The zero-order valence-electron chi connectivity index (χ0n) is 8.88. The molecule has 1 N–H and O–H groups in total. The van der Waals surface area contributed by atoms with E-state index in [1.165, 1.54) is 17.0 Å². The molecule has 1 aromatic carbocycles. The number of hydrogen-bond donors (Lipinski definition) is 1. The zero-order valence-corrected chi connectivity index (χ0v) is 10.5. The van der Waals surface area contributed by atoms with Crippen LogP contribution < -0.4 is 5.56 Å². The summed E-state index contributed by atoms with van der Waals surface area (Å²) >= 11 is 6.29. The van der Waals surface area contributed by atoms with Crippen LogP contribution in [-0.4, -0.2) is 14.5 Å². The minimum atomic E-state index is -0.407. The lowest BCUT2D eigenvalue weighted by atomic mass is 10.3. The minimum Gasteiger partial charge on any atom is -0.312 e. The summed E-state index contributed by atoms with van der Waals surface area (Å²) < 4.78 is 16.0. The van der Waals surface area contributed by atoms with E-state index < -0.39 is 5.82 Å². The van der Waals surface area contributed by atoms with Crippen LogP contribution in [0.2, 0.25) is 0 Å². The molecule has 0 atom stereocenters. The van der Waals surface area contributed by atoms with Gasteiger partial charge >= 0.3 is 0 Å². The largest absolute Gasteiger partial charge is 0.312 e. The monoisotopic (exact) mass is 279 g/mol. The van der Waals surface area contributed by atoms with Gasteiger partial charge < -0.3 is 4.98 Å². The second kappa shape index (κ2) is 4.11. The first-order chi connectivity index (χ1) is 8.68. The molecule has 90 valence electrons. The van der Waals surface area contributed by atoms with Gasteiger partial charge in [-0.1, -0.05) is 23.5 Å². The molecule has 0 radical (unpaired) electrons. The third-order valence-electron chi connectivity index (χ3n) is 2.47. The van der Waals surface area contributed by atoms with Gasteiger partial charge in [0.15, 0.2) is 9.60 Å². The zero-order chi connectivity index (χ0) is 12.7. The lowest BCUT2D eigenvalue weighted by Gasteiger charge is -2.04. The molecule has 0 bridgehead atoms. The van der Waals surface area contributed by atoms with E-state index in [1.54, 1.807) is 18.2 Å². The van der Waals surface area contributed by atoms with Crippen molar-refractivity contribution >= 4 is 33.9 Å². The van der Waals surface area contributed by atoms with Crippen molar-refractivity contribution in [3.63, 3.8) is 0 Å². The number of benzene rings is 1. The van der Waals surface area contributed by atoms with Crippen LogP contribution in [0.3, 0.4) is 0 Å². The molecule has 2 heterocycles. The van der Waals surface area contributed by atoms with Gasteiger partial charge in [-0.15, -0.1) is 0 Å². The van der Waals surface area contributed by atoms with Crippen molar-refractivity contribution in [2.45, 2.75) is 0 Å². The molecule has 0 aliphatic carbocycles. The number of hydrogen-bond acceptors (Lipinski definition) is 4. The highest BCUT2D eigenvalue weighted by molar-refractivity contribution is 7.73. The van der Waals surface area contributed by atoms with Gasteiger partial charge in [0.2, 0.25) is 0 Å². The molecule has 0 aliphatic heterocycles. The normalized spacial score (nSPS) is 10.9. The first-order valence-corrected chi connectivity index (χ1v) is 6.25. The molecule has 0 saturated heterocycles. The number of thiazole rings is 1. The van der Waals surface area contributed by atoms with E-state index >= 15 is 0 Å². The predicted molar refractivity (Wildman–Crippen MR) is 70.4 cm³/mol. The summed E-state index contributed by atoms with van der Waals surface area (Å²) in [4.78, 5) is 18.2. The molecule has 7 heteroatoms. The standard InChI is InChI=1S/C11H6FN3OS2/c12-6-3-1-2-4-7(6)15-9-8(18-11(15)17)10(16)14-5-13-9/h1-5H,(H,13,14,16). The highest BCUT2D eigenvalue weighted by Gasteiger charge is 2.13. The van der Waals surface area contributed by atoms with Crippen molar-refractivity contribution in [2.75, 3.05) is 0 Å². The molecular weight excluding hydrogens is 273 g/mol. The van der Waals surface area contributed by atoms with Gasteiger partial charge in [0.1, 0.15) is 10.5 Å². The number of halogens is 1. The summed E-state index contributed by atoms with van der Waals surface area (Å²) in [7, 11) is 0. The number of rotatable bonds is 1. The summed E-state index contributed by atoms with van der Waals surface area (Å²) in [6.45, 7) is 0. The smallest absolute Gasteiger partial charge is 0.270 e. The fraction of sp³-hybridized carbons (Fsp3) is 0. The van der Waals surface area contributed by atoms with E-state index in [0.29, 0.717) is 20.0 Å². The van der Waals surface area contributed by atoms with Crippen LogP contribution in [0.4, 0.5) is 4.39 Å². The Morgan fingerprint density at radius 3 is 2.94 bits per heavy atom. The number of para-hydroxylation sites is 1. The van der Waals surface area contributed by atoms with Gasteiger partial charge in [-0.05, 0) is 24.4 Å². The molecule has 2 aromatic heterocycles. The van der Waals surface area contributed by atoms with Crippen molar-refractivity contribution in [3.8, 4) is 5.69 Å². The highest BCUT2D eigenvalue weighted by Crippen LogP contribution is 2.23. The topological polar surface area (TPSA) is 50.7 Å². The molecule has 0 spiro atoms. The van der Waals surface area contributed by atoms with E-state index in [9.17, 15) is 9.18 Å². The third kappa shape index (κ3) is 1.59. The Kier molecular flexibility index (Phi) is 2.57. The highest BCUT2D eigenvalue weighted by atomic mass is 32.1. The Labute approximate surface area is 109 Å².